The maximum absolute atomic E-state index is 12.4. The number of unbranched alkanes of at least 4 members (excludes halogenated alkanes) is 2. The van der Waals surface area contributed by atoms with E-state index in [9.17, 15) is 14.5 Å². The Morgan fingerprint density at radius 3 is 2.67 bits per heavy atom. The van der Waals surface area contributed by atoms with E-state index < -0.39 is 20.1 Å². The van der Waals surface area contributed by atoms with Crippen molar-refractivity contribution in [2.24, 2.45) is 9.98 Å². The van der Waals surface area contributed by atoms with Gasteiger partial charge in [-0.3, -0.25) is 9.32 Å². The number of aliphatic hydroxyl groups excluding tert-OH is 1. The summed E-state index contributed by atoms with van der Waals surface area (Å²) in [7, 11) is -0.585. The average molecular weight is 439 g/mol. The quantitative estimate of drug-likeness (QED) is 0.347. The molecule has 1 atom stereocenters. The number of hydrogen-bond donors (Lipinski definition) is 4. The normalized spacial score (nSPS) is 18.3. The number of nitrogens with one attached hydrogen (secondary N) is 1. The number of aryl methyl sites for hydroxylation is 1. The SMILES string of the molecule is Cc1cc2c(cc1N(C)C)N(CCCCCOP(=O)(O)O)C1=NC(O)NC(=O)C1=N2. The van der Waals surface area contributed by atoms with Crippen LogP contribution in [0.3, 0.4) is 0 Å². The van der Waals surface area contributed by atoms with Crippen LogP contribution in [0.1, 0.15) is 24.8 Å². The van der Waals surface area contributed by atoms with Gasteiger partial charge >= 0.3 is 7.82 Å². The zero-order chi connectivity index (χ0) is 22.1. The Hall–Kier alpha value is -2.30. The third kappa shape index (κ3) is 5.05. The number of benzene rings is 1. The fraction of sp³-hybridized carbons (Fsp3) is 0.500. The molecule has 2 aliphatic heterocycles. The number of amides is 1. The van der Waals surface area contributed by atoms with Crippen LogP contribution in [0.15, 0.2) is 22.1 Å². The Balaban J connectivity index is 1.84. The van der Waals surface area contributed by atoms with Crippen molar-refractivity contribution < 1.29 is 28.8 Å². The van der Waals surface area contributed by atoms with E-state index >= 15 is 0 Å². The Bertz CT molecular complexity index is 941. The minimum absolute atomic E-state index is 0.0421. The summed E-state index contributed by atoms with van der Waals surface area (Å²) in [6, 6.07) is 3.89. The summed E-state index contributed by atoms with van der Waals surface area (Å²) in [6.45, 7) is 2.41. The molecule has 0 radical (unpaired) electrons. The molecule has 4 N–H and O–H groups in total. The number of carbonyl (C=O) groups is 1. The maximum atomic E-state index is 12.4. The lowest BCUT2D eigenvalue weighted by Gasteiger charge is -2.35. The molecule has 164 valence electrons. The molecule has 3 rings (SSSR count). The molecule has 11 nitrogen and oxygen atoms in total. The number of anilines is 2. The number of phosphoric acid groups is 1. The van der Waals surface area contributed by atoms with E-state index in [2.05, 4.69) is 19.8 Å². The third-order valence-corrected chi connectivity index (χ3v) is 5.29. The van der Waals surface area contributed by atoms with E-state index in [4.69, 9.17) is 9.79 Å². The highest BCUT2D eigenvalue weighted by molar-refractivity contribution is 7.46. The van der Waals surface area contributed by atoms with Crippen molar-refractivity contribution in [1.29, 1.82) is 0 Å². The first kappa shape index (κ1) is 22.4. The van der Waals surface area contributed by atoms with E-state index in [1.54, 1.807) is 0 Å². The molecule has 0 saturated carbocycles. The van der Waals surface area contributed by atoms with E-state index in [1.807, 2.05) is 43.0 Å². The first-order valence-corrected chi connectivity index (χ1v) is 11.1. The molecule has 0 aromatic heterocycles. The first-order chi connectivity index (χ1) is 14.1. The molecule has 2 aliphatic rings. The molecule has 12 heteroatoms. The number of fused-ring (bicyclic) bond motifs is 2. The van der Waals surface area contributed by atoms with Gasteiger partial charge in [-0.15, -0.1) is 0 Å². The Labute approximate surface area is 174 Å². The zero-order valence-corrected chi connectivity index (χ0v) is 18.0. The van der Waals surface area contributed by atoms with Crippen LogP contribution < -0.4 is 15.1 Å². The van der Waals surface area contributed by atoms with E-state index in [0.29, 0.717) is 37.3 Å². The summed E-state index contributed by atoms with van der Waals surface area (Å²) < 4.78 is 15.2. The van der Waals surface area contributed by atoms with Crippen molar-refractivity contribution in [2.75, 3.05) is 37.0 Å². The van der Waals surface area contributed by atoms with Crippen LogP contribution in [-0.4, -0.2) is 65.9 Å². The molecule has 2 heterocycles. The van der Waals surface area contributed by atoms with Gasteiger partial charge in [-0.2, -0.15) is 0 Å². The largest absolute Gasteiger partial charge is 0.469 e. The molecule has 0 aliphatic carbocycles. The summed E-state index contributed by atoms with van der Waals surface area (Å²) in [5.74, 6) is -0.189. The minimum Gasteiger partial charge on any atom is -0.377 e. The van der Waals surface area contributed by atoms with Gasteiger partial charge in [-0.1, -0.05) is 0 Å². The van der Waals surface area contributed by atoms with E-state index in [-0.39, 0.29) is 12.3 Å². The standard InChI is InChI=1S/C18H26N5O6P/c1-11-9-12-14(10-13(11)22(2)3)23(7-5-4-6-8-29-30(26,27)28)16-15(19-12)17(24)21-18(25)20-16/h9-10,18,25H,4-8H2,1-3H3,(H,21,24)(H2,26,27,28). The van der Waals surface area contributed by atoms with E-state index in [1.165, 1.54) is 0 Å². The fourth-order valence-electron chi connectivity index (χ4n) is 3.45. The predicted molar refractivity (Wildman–Crippen MR) is 113 cm³/mol. The second-order valence-corrected chi connectivity index (χ2v) is 8.56. The lowest BCUT2D eigenvalue weighted by Crippen LogP contribution is -2.53. The number of phosphoric ester groups is 1. The van der Waals surface area contributed by atoms with Crippen LogP contribution in [-0.2, 0) is 13.9 Å². The van der Waals surface area contributed by atoms with Crippen molar-refractivity contribution in [3.63, 3.8) is 0 Å². The first-order valence-electron chi connectivity index (χ1n) is 9.52. The van der Waals surface area contributed by atoms with Gasteiger partial charge in [0.15, 0.2) is 11.5 Å². The van der Waals surface area contributed by atoms with Crippen molar-refractivity contribution >= 4 is 42.3 Å². The third-order valence-electron chi connectivity index (χ3n) is 4.77. The summed E-state index contributed by atoms with van der Waals surface area (Å²) in [5, 5.41) is 12.2. The summed E-state index contributed by atoms with van der Waals surface area (Å²) in [4.78, 5) is 42.3. The fourth-order valence-corrected chi connectivity index (χ4v) is 3.81. The van der Waals surface area contributed by atoms with Gasteiger partial charge in [0.2, 0.25) is 6.35 Å². The van der Waals surface area contributed by atoms with E-state index in [0.717, 1.165) is 16.9 Å². The lowest BCUT2D eigenvalue weighted by molar-refractivity contribution is -0.117. The van der Waals surface area contributed by atoms with Crippen molar-refractivity contribution in [1.82, 2.24) is 5.32 Å². The molecule has 0 fully saturated rings. The highest BCUT2D eigenvalue weighted by atomic mass is 31.2. The van der Waals surface area contributed by atoms with Gasteiger partial charge in [0.05, 0.1) is 18.0 Å². The molecule has 0 bridgehead atoms. The molecule has 0 saturated heterocycles. The lowest BCUT2D eigenvalue weighted by atomic mass is 10.1. The number of hydrogen-bond acceptors (Lipinski definition) is 8. The number of nitrogens with zero attached hydrogens (tertiary/aromatic N) is 4. The molecular formula is C18H26N5O6P. The van der Waals surface area contributed by atoms with Crippen LogP contribution >= 0.6 is 7.82 Å². The second kappa shape index (κ2) is 8.83. The summed E-state index contributed by atoms with van der Waals surface area (Å²) in [5.41, 5.74) is 3.57. The average Bonchev–Trinajstić information content (AvgIpc) is 2.62. The highest BCUT2D eigenvalue weighted by Crippen LogP contribution is 2.39. The number of aliphatic imine (C=N–C) groups is 2. The smallest absolute Gasteiger partial charge is 0.377 e. The molecule has 1 aromatic rings. The molecule has 30 heavy (non-hydrogen) atoms. The van der Waals surface area contributed by atoms with Gasteiger partial charge in [0, 0.05) is 26.3 Å². The maximum Gasteiger partial charge on any atom is 0.469 e. The predicted octanol–water partition coefficient (Wildman–Crippen LogP) is 1.04. The van der Waals surface area contributed by atoms with Crippen molar-refractivity contribution in [3.8, 4) is 0 Å². The van der Waals surface area contributed by atoms with Crippen molar-refractivity contribution in [3.05, 3.63) is 17.7 Å². The van der Waals surface area contributed by atoms with Crippen LogP contribution in [0.4, 0.5) is 17.1 Å². The van der Waals surface area contributed by atoms with Gasteiger partial charge in [-0.05, 0) is 43.9 Å². The van der Waals surface area contributed by atoms with Crippen LogP contribution in [0.5, 0.6) is 0 Å². The second-order valence-electron chi connectivity index (χ2n) is 7.32. The van der Waals surface area contributed by atoms with Crippen LogP contribution in [0, 0.1) is 6.92 Å². The molecule has 1 amide bonds. The number of carbonyl (C=O) groups excluding carboxylic acids is 1. The van der Waals surface area contributed by atoms with Gasteiger partial charge in [0.25, 0.3) is 5.91 Å². The monoisotopic (exact) mass is 439 g/mol. The Kier molecular flexibility index (Phi) is 6.59. The molecule has 0 spiro atoms. The number of amidine groups is 1. The highest BCUT2D eigenvalue weighted by Gasteiger charge is 2.35. The summed E-state index contributed by atoms with van der Waals surface area (Å²) >= 11 is 0. The Morgan fingerprint density at radius 1 is 1.27 bits per heavy atom. The molecule has 1 unspecified atom stereocenters. The van der Waals surface area contributed by atoms with Gasteiger partial charge in [0.1, 0.15) is 0 Å². The molecular weight excluding hydrogens is 413 g/mol. The van der Waals surface area contributed by atoms with Crippen LogP contribution in [0.2, 0.25) is 0 Å². The number of aliphatic hydroxyl groups is 1. The topological polar surface area (TPSA) is 147 Å². The number of rotatable bonds is 8. The zero-order valence-electron chi connectivity index (χ0n) is 17.1. The van der Waals surface area contributed by atoms with Crippen molar-refractivity contribution in [2.45, 2.75) is 32.5 Å². The van der Waals surface area contributed by atoms with Gasteiger partial charge < -0.3 is 30.0 Å². The van der Waals surface area contributed by atoms with Crippen LogP contribution in [0.25, 0.3) is 0 Å². The Morgan fingerprint density at radius 2 is 2.00 bits per heavy atom. The minimum atomic E-state index is -4.46. The molecule has 1 aromatic carbocycles. The van der Waals surface area contributed by atoms with Gasteiger partial charge in [-0.25, -0.2) is 14.5 Å². The summed E-state index contributed by atoms with van der Waals surface area (Å²) in [6.07, 6.45) is 0.427.